The van der Waals surface area contributed by atoms with Crippen molar-refractivity contribution in [2.45, 2.75) is 39.8 Å². The van der Waals surface area contributed by atoms with Crippen LogP contribution in [0.3, 0.4) is 0 Å². The minimum atomic E-state index is 0.591. The fourth-order valence-electron chi connectivity index (χ4n) is 2.33. The molecule has 0 atom stereocenters. The van der Waals surface area contributed by atoms with E-state index in [1.807, 2.05) is 12.3 Å². The minimum Gasteiger partial charge on any atom is -0.332 e. The number of nitriles is 1. The highest BCUT2D eigenvalue weighted by molar-refractivity contribution is 5.80. The number of unbranched alkanes of at least 4 members (excludes halogenated alkanes) is 1. The van der Waals surface area contributed by atoms with E-state index >= 15 is 0 Å². The molecule has 2 aromatic rings. The van der Waals surface area contributed by atoms with E-state index in [-0.39, 0.29) is 0 Å². The molecule has 0 fully saturated rings. The molecule has 0 bridgehead atoms. The summed E-state index contributed by atoms with van der Waals surface area (Å²) in [5.41, 5.74) is 2.30. The molecule has 0 unspecified atom stereocenters. The lowest BCUT2D eigenvalue weighted by Gasteiger charge is -2.06. The summed E-state index contributed by atoms with van der Waals surface area (Å²) in [5.74, 6) is 0.650. The van der Waals surface area contributed by atoms with Gasteiger partial charge in [-0.25, -0.2) is 4.98 Å². The first-order chi connectivity index (χ1) is 9.72. The monoisotopic (exact) mass is 270 g/mol. The minimum absolute atomic E-state index is 0.591. The maximum absolute atomic E-state index is 8.65. The van der Waals surface area contributed by atoms with Gasteiger partial charge in [-0.15, -0.1) is 0 Å². The number of nitrogens with one attached hydrogen (secondary N) is 1. The van der Waals surface area contributed by atoms with Gasteiger partial charge in [-0.05, 0) is 36.6 Å². The van der Waals surface area contributed by atoms with Gasteiger partial charge in [-0.3, -0.25) is 0 Å². The van der Waals surface area contributed by atoms with Gasteiger partial charge in [0.25, 0.3) is 0 Å². The van der Waals surface area contributed by atoms with Crippen molar-refractivity contribution in [3.63, 3.8) is 0 Å². The molecule has 0 saturated carbocycles. The topological polar surface area (TPSA) is 53.6 Å². The van der Waals surface area contributed by atoms with Gasteiger partial charge in [0.2, 0.25) is 0 Å². The third-order valence-corrected chi connectivity index (χ3v) is 3.27. The average Bonchev–Trinajstić information content (AvgIpc) is 2.78. The Morgan fingerprint density at radius 3 is 3.05 bits per heavy atom. The van der Waals surface area contributed by atoms with Crippen LogP contribution >= 0.6 is 0 Å². The molecule has 2 heterocycles. The van der Waals surface area contributed by atoms with Crippen molar-refractivity contribution in [1.29, 1.82) is 5.26 Å². The van der Waals surface area contributed by atoms with E-state index in [0.717, 1.165) is 31.7 Å². The SMILES string of the molecule is CC(C)CNCc1cn(CCCC#N)c2ncccc12. The second kappa shape index (κ2) is 7.06. The quantitative estimate of drug-likeness (QED) is 0.787. The van der Waals surface area contributed by atoms with E-state index in [0.29, 0.717) is 12.3 Å². The Bertz CT molecular complexity index is 592. The lowest BCUT2D eigenvalue weighted by Crippen LogP contribution is -2.18. The second-order valence-corrected chi connectivity index (χ2v) is 5.51. The second-order valence-electron chi connectivity index (χ2n) is 5.51. The molecule has 4 nitrogen and oxygen atoms in total. The molecular weight excluding hydrogens is 248 g/mol. The maximum atomic E-state index is 8.65. The molecule has 0 amide bonds. The lowest BCUT2D eigenvalue weighted by atomic mass is 10.2. The van der Waals surface area contributed by atoms with Crippen LogP contribution < -0.4 is 5.32 Å². The zero-order chi connectivity index (χ0) is 14.4. The molecular formula is C16H22N4. The summed E-state index contributed by atoms with van der Waals surface area (Å²) in [5, 5.41) is 13.3. The third kappa shape index (κ3) is 3.58. The highest BCUT2D eigenvalue weighted by atomic mass is 15.0. The molecule has 1 N–H and O–H groups in total. The van der Waals surface area contributed by atoms with Crippen LogP contribution in [0.2, 0.25) is 0 Å². The van der Waals surface area contributed by atoms with Crippen molar-refractivity contribution in [1.82, 2.24) is 14.9 Å². The van der Waals surface area contributed by atoms with Gasteiger partial charge in [0.05, 0.1) is 6.07 Å². The Morgan fingerprint density at radius 2 is 2.30 bits per heavy atom. The van der Waals surface area contributed by atoms with Gasteiger partial charge in [0, 0.05) is 37.3 Å². The van der Waals surface area contributed by atoms with Gasteiger partial charge in [-0.2, -0.15) is 5.26 Å². The fraction of sp³-hybridized carbons (Fsp3) is 0.500. The van der Waals surface area contributed by atoms with E-state index in [4.69, 9.17) is 5.26 Å². The summed E-state index contributed by atoms with van der Waals surface area (Å²) in [7, 11) is 0. The Balaban J connectivity index is 2.15. The summed E-state index contributed by atoms with van der Waals surface area (Å²) >= 11 is 0. The smallest absolute Gasteiger partial charge is 0.140 e. The predicted molar refractivity (Wildman–Crippen MR) is 81.1 cm³/mol. The van der Waals surface area contributed by atoms with E-state index in [9.17, 15) is 0 Å². The van der Waals surface area contributed by atoms with Crippen molar-refractivity contribution in [2.75, 3.05) is 6.54 Å². The van der Waals surface area contributed by atoms with Crippen molar-refractivity contribution < 1.29 is 0 Å². The van der Waals surface area contributed by atoms with Gasteiger partial charge in [0.15, 0.2) is 0 Å². The summed E-state index contributed by atoms with van der Waals surface area (Å²) in [4.78, 5) is 4.48. The largest absolute Gasteiger partial charge is 0.332 e. The molecule has 0 radical (unpaired) electrons. The molecule has 106 valence electrons. The number of hydrogen-bond acceptors (Lipinski definition) is 3. The Kier molecular flexibility index (Phi) is 5.14. The number of nitrogens with zero attached hydrogens (tertiary/aromatic N) is 3. The fourth-order valence-corrected chi connectivity index (χ4v) is 2.33. The molecule has 0 aliphatic carbocycles. The first-order valence-corrected chi connectivity index (χ1v) is 7.22. The van der Waals surface area contributed by atoms with Gasteiger partial charge in [-0.1, -0.05) is 13.8 Å². The highest BCUT2D eigenvalue weighted by Gasteiger charge is 2.08. The van der Waals surface area contributed by atoms with Gasteiger partial charge < -0.3 is 9.88 Å². The maximum Gasteiger partial charge on any atom is 0.140 e. The number of hydrogen-bond donors (Lipinski definition) is 1. The molecule has 2 rings (SSSR count). The van der Waals surface area contributed by atoms with Crippen LogP contribution in [0.4, 0.5) is 0 Å². The zero-order valence-corrected chi connectivity index (χ0v) is 12.3. The van der Waals surface area contributed by atoms with Crippen LogP contribution in [0, 0.1) is 17.2 Å². The highest BCUT2D eigenvalue weighted by Crippen LogP contribution is 2.19. The van der Waals surface area contributed by atoms with Crippen LogP contribution in [0.25, 0.3) is 11.0 Å². The number of aryl methyl sites for hydroxylation is 1. The van der Waals surface area contributed by atoms with Crippen LogP contribution in [0.1, 0.15) is 32.3 Å². The molecule has 0 saturated heterocycles. The number of aromatic nitrogens is 2. The summed E-state index contributed by atoms with van der Waals surface area (Å²) in [6.07, 6.45) is 5.46. The van der Waals surface area contributed by atoms with Crippen LogP contribution in [-0.2, 0) is 13.1 Å². The molecule has 0 aromatic carbocycles. The van der Waals surface area contributed by atoms with Crippen LogP contribution in [0.15, 0.2) is 24.5 Å². The van der Waals surface area contributed by atoms with Crippen LogP contribution in [0.5, 0.6) is 0 Å². The average molecular weight is 270 g/mol. The molecule has 4 heteroatoms. The first kappa shape index (κ1) is 14.5. The first-order valence-electron chi connectivity index (χ1n) is 7.22. The molecule has 2 aromatic heterocycles. The van der Waals surface area contributed by atoms with Gasteiger partial charge >= 0.3 is 0 Å². The number of rotatable bonds is 7. The Labute approximate surface area is 120 Å². The third-order valence-electron chi connectivity index (χ3n) is 3.27. The zero-order valence-electron chi connectivity index (χ0n) is 12.3. The van der Waals surface area contributed by atoms with Crippen molar-refractivity contribution in [3.8, 4) is 6.07 Å². The van der Waals surface area contributed by atoms with Crippen molar-refractivity contribution in [2.24, 2.45) is 5.92 Å². The number of fused-ring (bicyclic) bond motifs is 1. The normalized spacial score (nSPS) is 11.1. The van der Waals surface area contributed by atoms with Crippen molar-refractivity contribution in [3.05, 3.63) is 30.1 Å². The lowest BCUT2D eigenvalue weighted by molar-refractivity contribution is 0.552. The number of pyridine rings is 1. The Morgan fingerprint density at radius 1 is 1.45 bits per heavy atom. The molecule has 0 aliphatic heterocycles. The molecule has 20 heavy (non-hydrogen) atoms. The molecule has 0 aliphatic rings. The van der Waals surface area contributed by atoms with E-state index in [1.165, 1.54) is 10.9 Å². The van der Waals surface area contributed by atoms with E-state index in [2.05, 4.69) is 47.0 Å². The summed E-state index contributed by atoms with van der Waals surface area (Å²) < 4.78 is 2.17. The van der Waals surface area contributed by atoms with Gasteiger partial charge in [0.1, 0.15) is 5.65 Å². The summed E-state index contributed by atoms with van der Waals surface area (Å²) in [6, 6.07) is 6.29. The Hall–Kier alpha value is -1.86. The molecule has 0 spiro atoms. The van der Waals surface area contributed by atoms with E-state index < -0.39 is 0 Å². The van der Waals surface area contributed by atoms with E-state index in [1.54, 1.807) is 0 Å². The standard InChI is InChI=1S/C16H22N4/c1-13(2)10-18-11-14-12-20(9-4-3-7-17)16-15(14)6-5-8-19-16/h5-6,8,12-13,18H,3-4,9-11H2,1-2H3. The van der Waals surface area contributed by atoms with Crippen LogP contribution in [-0.4, -0.2) is 16.1 Å². The predicted octanol–water partition coefficient (Wildman–Crippen LogP) is 3.09. The summed E-state index contributed by atoms with van der Waals surface area (Å²) in [6.45, 7) is 7.15. The van der Waals surface area contributed by atoms with Crippen molar-refractivity contribution >= 4 is 11.0 Å².